The summed E-state index contributed by atoms with van der Waals surface area (Å²) in [5, 5.41) is 3.07. The quantitative estimate of drug-likeness (QED) is 0.845. The second-order valence-electron chi connectivity index (χ2n) is 3.76. The molecule has 1 rings (SSSR count). The topological polar surface area (TPSA) is 32.3 Å². The minimum atomic E-state index is 0.116. The maximum absolute atomic E-state index is 12.1. The molecule has 88 valence electrons. The van der Waals surface area contributed by atoms with Gasteiger partial charge in [-0.3, -0.25) is 4.79 Å². The van der Waals surface area contributed by atoms with Gasteiger partial charge in [-0.1, -0.05) is 0 Å². The highest BCUT2D eigenvalue weighted by Crippen LogP contribution is 2.16. The van der Waals surface area contributed by atoms with E-state index in [0.29, 0.717) is 0 Å². The number of nitrogens with one attached hydrogen (secondary N) is 1. The van der Waals surface area contributed by atoms with Crippen LogP contribution >= 0.6 is 0 Å². The van der Waals surface area contributed by atoms with Gasteiger partial charge in [-0.2, -0.15) is 0 Å². The Kier molecular flexibility index (Phi) is 4.35. The summed E-state index contributed by atoms with van der Waals surface area (Å²) in [6.07, 6.45) is 0. The molecule has 0 aliphatic heterocycles. The highest BCUT2D eigenvalue weighted by molar-refractivity contribution is 5.96. The van der Waals surface area contributed by atoms with Crippen molar-refractivity contribution in [2.24, 2.45) is 0 Å². The Bertz CT molecular complexity index is 370. The van der Waals surface area contributed by atoms with Crippen molar-refractivity contribution >= 4 is 11.6 Å². The van der Waals surface area contributed by atoms with Crippen LogP contribution in [0.5, 0.6) is 0 Å². The summed E-state index contributed by atoms with van der Waals surface area (Å²) in [6.45, 7) is 7.47. The van der Waals surface area contributed by atoms with E-state index < -0.39 is 0 Å². The van der Waals surface area contributed by atoms with E-state index in [1.807, 2.05) is 50.9 Å². The van der Waals surface area contributed by atoms with Gasteiger partial charge in [0.25, 0.3) is 5.91 Å². The van der Waals surface area contributed by atoms with E-state index in [9.17, 15) is 4.79 Å². The Morgan fingerprint density at radius 3 is 2.38 bits per heavy atom. The molecular weight excluding hydrogens is 200 g/mol. The van der Waals surface area contributed by atoms with Gasteiger partial charge in [-0.05, 0) is 44.5 Å². The number of carbonyl (C=O) groups is 1. The molecule has 0 aromatic heterocycles. The lowest BCUT2D eigenvalue weighted by atomic mass is 10.1. The van der Waals surface area contributed by atoms with Crippen LogP contribution in [-0.4, -0.2) is 30.9 Å². The predicted molar refractivity (Wildman–Crippen MR) is 68.0 cm³/mol. The summed E-state index contributed by atoms with van der Waals surface area (Å²) in [5.74, 6) is 0.116. The Balaban J connectivity index is 3.00. The number of rotatable bonds is 4. The molecule has 0 heterocycles. The molecule has 3 nitrogen and oxygen atoms in total. The van der Waals surface area contributed by atoms with Crippen LogP contribution in [0.15, 0.2) is 18.2 Å². The maximum Gasteiger partial charge on any atom is 0.254 e. The second kappa shape index (κ2) is 5.54. The first-order chi connectivity index (χ1) is 7.63. The average Bonchev–Trinajstić information content (AvgIpc) is 2.30. The van der Waals surface area contributed by atoms with Crippen LogP contribution in [0.1, 0.15) is 29.8 Å². The molecule has 0 radical (unpaired) electrons. The van der Waals surface area contributed by atoms with E-state index >= 15 is 0 Å². The number of benzene rings is 1. The Morgan fingerprint density at radius 1 is 1.31 bits per heavy atom. The molecule has 0 fully saturated rings. The van der Waals surface area contributed by atoms with Crippen molar-refractivity contribution in [3.8, 4) is 0 Å². The van der Waals surface area contributed by atoms with E-state index in [2.05, 4.69) is 5.32 Å². The van der Waals surface area contributed by atoms with Crippen LogP contribution < -0.4 is 5.32 Å². The minimum Gasteiger partial charge on any atom is -0.388 e. The van der Waals surface area contributed by atoms with Crippen LogP contribution in [0, 0.1) is 6.92 Å². The van der Waals surface area contributed by atoms with Crippen molar-refractivity contribution in [3.63, 3.8) is 0 Å². The summed E-state index contributed by atoms with van der Waals surface area (Å²) in [5.41, 5.74) is 2.85. The molecule has 0 bridgehead atoms. The molecule has 0 aliphatic rings. The highest BCUT2D eigenvalue weighted by atomic mass is 16.2. The number of anilines is 1. The first-order valence-electron chi connectivity index (χ1n) is 5.71. The molecule has 1 N–H and O–H groups in total. The van der Waals surface area contributed by atoms with E-state index in [1.54, 1.807) is 0 Å². The molecule has 0 atom stereocenters. The molecule has 0 unspecified atom stereocenters. The molecule has 0 aliphatic carbocycles. The Hall–Kier alpha value is -1.51. The van der Waals surface area contributed by atoms with Crippen LogP contribution in [0.2, 0.25) is 0 Å². The van der Waals surface area contributed by atoms with Crippen molar-refractivity contribution in [2.75, 3.05) is 25.5 Å². The maximum atomic E-state index is 12.1. The molecule has 1 aromatic rings. The SMILES string of the molecule is CCN(CC)C(=O)c1ccc(NC)cc1C. The van der Waals surface area contributed by atoms with Crippen molar-refractivity contribution < 1.29 is 4.79 Å². The van der Waals surface area contributed by atoms with Crippen LogP contribution in [0.25, 0.3) is 0 Å². The third-order valence-corrected chi connectivity index (χ3v) is 2.80. The van der Waals surface area contributed by atoms with Crippen LogP contribution in [0.3, 0.4) is 0 Å². The van der Waals surface area contributed by atoms with Crippen molar-refractivity contribution in [3.05, 3.63) is 29.3 Å². The number of hydrogen-bond acceptors (Lipinski definition) is 2. The molecular formula is C13H20N2O. The first-order valence-corrected chi connectivity index (χ1v) is 5.71. The van der Waals surface area contributed by atoms with E-state index in [0.717, 1.165) is 29.9 Å². The largest absolute Gasteiger partial charge is 0.388 e. The fourth-order valence-corrected chi connectivity index (χ4v) is 1.74. The number of aryl methyl sites for hydroxylation is 1. The highest BCUT2D eigenvalue weighted by Gasteiger charge is 2.14. The van der Waals surface area contributed by atoms with Crippen molar-refractivity contribution in [2.45, 2.75) is 20.8 Å². The lowest BCUT2D eigenvalue weighted by Gasteiger charge is -2.20. The fourth-order valence-electron chi connectivity index (χ4n) is 1.74. The van der Waals surface area contributed by atoms with E-state index in [4.69, 9.17) is 0 Å². The van der Waals surface area contributed by atoms with Crippen LogP contribution in [0.4, 0.5) is 5.69 Å². The molecule has 1 aromatic carbocycles. The van der Waals surface area contributed by atoms with Gasteiger partial charge < -0.3 is 10.2 Å². The zero-order valence-corrected chi connectivity index (χ0v) is 10.5. The van der Waals surface area contributed by atoms with E-state index in [1.165, 1.54) is 0 Å². The fraction of sp³-hybridized carbons (Fsp3) is 0.462. The van der Waals surface area contributed by atoms with Gasteiger partial charge in [-0.25, -0.2) is 0 Å². The summed E-state index contributed by atoms with van der Waals surface area (Å²) in [4.78, 5) is 14.0. The summed E-state index contributed by atoms with van der Waals surface area (Å²) < 4.78 is 0. The van der Waals surface area contributed by atoms with Gasteiger partial charge in [0.05, 0.1) is 0 Å². The number of hydrogen-bond donors (Lipinski definition) is 1. The lowest BCUT2D eigenvalue weighted by molar-refractivity contribution is 0.0772. The molecule has 3 heteroatoms. The predicted octanol–water partition coefficient (Wildman–Crippen LogP) is 2.52. The van der Waals surface area contributed by atoms with Gasteiger partial charge in [0.1, 0.15) is 0 Å². The summed E-state index contributed by atoms with van der Waals surface area (Å²) in [7, 11) is 1.88. The Morgan fingerprint density at radius 2 is 1.94 bits per heavy atom. The minimum absolute atomic E-state index is 0.116. The monoisotopic (exact) mass is 220 g/mol. The van der Waals surface area contributed by atoms with Gasteiger partial charge in [-0.15, -0.1) is 0 Å². The number of amides is 1. The smallest absolute Gasteiger partial charge is 0.254 e. The van der Waals surface area contributed by atoms with Gasteiger partial charge >= 0.3 is 0 Å². The number of carbonyl (C=O) groups excluding carboxylic acids is 1. The average molecular weight is 220 g/mol. The zero-order chi connectivity index (χ0) is 12.1. The van der Waals surface area contributed by atoms with Gasteiger partial charge in [0, 0.05) is 31.4 Å². The second-order valence-corrected chi connectivity index (χ2v) is 3.76. The zero-order valence-electron chi connectivity index (χ0n) is 10.5. The molecule has 0 spiro atoms. The summed E-state index contributed by atoms with van der Waals surface area (Å²) >= 11 is 0. The normalized spacial score (nSPS) is 10.0. The molecule has 16 heavy (non-hydrogen) atoms. The number of nitrogens with zero attached hydrogens (tertiary/aromatic N) is 1. The van der Waals surface area contributed by atoms with Crippen LogP contribution in [-0.2, 0) is 0 Å². The van der Waals surface area contributed by atoms with E-state index in [-0.39, 0.29) is 5.91 Å². The van der Waals surface area contributed by atoms with Crippen molar-refractivity contribution in [1.29, 1.82) is 0 Å². The third kappa shape index (κ3) is 2.54. The first kappa shape index (κ1) is 12.6. The van der Waals surface area contributed by atoms with Crippen molar-refractivity contribution in [1.82, 2.24) is 4.90 Å². The van der Waals surface area contributed by atoms with Gasteiger partial charge in [0.15, 0.2) is 0 Å². The lowest BCUT2D eigenvalue weighted by Crippen LogP contribution is -2.30. The molecule has 0 saturated heterocycles. The molecule has 0 saturated carbocycles. The summed E-state index contributed by atoms with van der Waals surface area (Å²) in [6, 6.07) is 5.82. The third-order valence-electron chi connectivity index (χ3n) is 2.80. The molecule has 1 amide bonds. The van der Waals surface area contributed by atoms with Gasteiger partial charge in [0.2, 0.25) is 0 Å². The standard InChI is InChI=1S/C13H20N2O/c1-5-15(6-2)13(16)12-8-7-11(14-4)9-10(12)3/h7-9,14H,5-6H2,1-4H3. The Labute approximate surface area is 97.5 Å².